The van der Waals surface area contributed by atoms with E-state index >= 15 is 0 Å². The first kappa shape index (κ1) is 16.4. The Labute approximate surface area is 106 Å². The van der Waals surface area contributed by atoms with Gasteiger partial charge in [0.25, 0.3) is 0 Å². The molecule has 100 valence electrons. The zero-order valence-corrected chi connectivity index (χ0v) is 13.0. The zero-order valence-electron chi connectivity index (χ0n) is 12.0. The molecule has 3 nitrogen and oxygen atoms in total. The van der Waals surface area contributed by atoms with Gasteiger partial charge in [-0.3, -0.25) is 4.79 Å². The van der Waals surface area contributed by atoms with Crippen molar-refractivity contribution in [2.45, 2.75) is 58.4 Å². The van der Waals surface area contributed by atoms with E-state index < -0.39 is 8.32 Å². The number of carbonyl (C=O) groups is 1. The number of esters is 1. The maximum atomic E-state index is 11.4. The van der Waals surface area contributed by atoms with E-state index in [0.717, 1.165) is 0 Å². The van der Waals surface area contributed by atoms with Crippen molar-refractivity contribution in [2.24, 2.45) is 0 Å². The Morgan fingerprint density at radius 3 is 2.29 bits per heavy atom. The van der Waals surface area contributed by atoms with Gasteiger partial charge in [0.1, 0.15) is 0 Å². The lowest BCUT2D eigenvalue weighted by Crippen LogP contribution is -2.44. The van der Waals surface area contributed by atoms with Crippen molar-refractivity contribution in [3.8, 4) is 0 Å². The van der Waals surface area contributed by atoms with Crippen molar-refractivity contribution in [2.75, 3.05) is 6.61 Å². The Morgan fingerprint density at radius 2 is 1.94 bits per heavy atom. The van der Waals surface area contributed by atoms with E-state index in [0.29, 0.717) is 6.61 Å². The van der Waals surface area contributed by atoms with Crippen LogP contribution in [0.4, 0.5) is 0 Å². The highest BCUT2D eigenvalue weighted by Gasteiger charge is 2.39. The van der Waals surface area contributed by atoms with Crippen LogP contribution in [0.2, 0.25) is 18.1 Å². The van der Waals surface area contributed by atoms with Crippen molar-refractivity contribution in [1.29, 1.82) is 0 Å². The molecule has 0 aromatic carbocycles. The standard InChI is InChI=1S/C13H26O3Si/c1-8-11(10-12(14)15-9-2)16-17(6,7)13(3,4)5/h8,11H,1,9-10H2,2-7H3. The smallest absolute Gasteiger partial charge is 0.308 e. The van der Waals surface area contributed by atoms with E-state index in [2.05, 4.69) is 40.4 Å². The minimum atomic E-state index is -1.86. The first-order valence-corrected chi connectivity index (χ1v) is 9.01. The normalized spacial score (nSPS) is 14.2. The molecular formula is C13H26O3Si. The van der Waals surface area contributed by atoms with Crippen LogP contribution >= 0.6 is 0 Å². The van der Waals surface area contributed by atoms with Gasteiger partial charge in [0.2, 0.25) is 0 Å². The van der Waals surface area contributed by atoms with E-state index in [4.69, 9.17) is 9.16 Å². The maximum Gasteiger partial charge on any atom is 0.308 e. The quantitative estimate of drug-likeness (QED) is 0.415. The third-order valence-corrected chi connectivity index (χ3v) is 7.69. The van der Waals surface area contributed by atoms with E-state index in [9.17, 15) is 4.79 Å². The molecule has 0 heterocycles. The summed E-state index contributed by atoms with van der Waals surface area (Å²) in [4.78, 5) is 11.4. The lowest BCUT2D eigenvalue weighted by Gasteiger charge is -2.38. The summed E-state index contributed by atoms with van der Waals surface area (Å²) in [6.07, 6.45) is 1.70. The van der Waals surface area contributed by atoms with E-state index in [-0.39, 0.29) is 23.5 Å². The summed E-state index contributed by atoms with van der Waals surface area (Å²) < 4.78 is 11.0. The second-order valence-electron chi connectivity index (χ2n) is 5.66. The van der Waals surface area contributed by atoms with Gasteiger partial charge in [-0.25, -0.2) is 0 Å². The molecule has 0 saturated heterocycles. The average molecular weight is 258 g/mol. The van der Waals surface area contributed by atoms with Crippen molar-refractivity contribution in [1.82, 2.24) is 0 Å². The number of carbonyl (C=O) groups excluding carboxylic acids is 1. The van der Waals surface area contributed by atoms with Gasteiger partial charge in [-0.15, -0.1) is 6.58 Å². The van der Waals surface area contributed by atoms with Gasteiger partial charge >= 0.3 is 5.97 Å². The lowest BCUT2D eigenvalue weighted by molar-refractivity contribution is -0.144. The van der Waals surface area contributed by atoms with Gasteiger partial charge in [0.05, 0.1) is 19.1 Å². The average Bonchev–Trinajstić information content (AvgIpc) is 2.14. The molecule has 0 bridgehead atoms. The molecule has 0 aromatic rings. The van der Waals surface area contributed by atoms with Crippen molar-refractivity contribution in [3.05, 3.63) is 12.7 Å². The van der Waals surface area contributed by atoms with Crippen molar-refractivity contribution in [3.63, 3.8) is 0 Å². The molecule has 0 N–H and O–H groups in total. The maximum absolute atomic E-state index is 11.4. The minimum Gasteiger partial charge on any atom is -0.466 e. The van der Waals surface area contributed by atoms with Crippen LogP contribution in [-0.2, 0) is 14.0 Å². The van der Waals surface area contributed by atoms with Crippen molar-refractivity contribution >= 4 is 14.3 Å². The third-order valence-electron chi connectivity index (χ3n) is 3.19. The fourth-order valence-electron chi connectivity index (χ4n) is 1.11. The first-order valence-electron chi connectivity index (χ1n) is 6.10. The van der Waals surface area contributed by atoms with E-state index in [1.165, 1.54) is 0 Å². The van der Waals surface area contributed by atoms with Crippen LogP contribution in [0.15, 0.2) is 12.7 Å². The monoisotopic (exact) mass is 258 g/mol. The summed E-state index contributed by atoms with van der Waals surface area (Å²) in [6.45, 7) is 16.8. The molecule has 0 aromatic heterocycles. The number of hydrogen-bond acceptors (Lipinski definition) is 3. The summed E-state index contributed by atoms with van der Waals surface area (Å²) >= 11 is 0. The van der Waals surface area contributed by atoms with Gasteiger partial charge in [-0.2, -0.15) is 0 Å². The molecule has 0 rings (SSSR count). The Balaban J connectivity index is 4.51. The van der Waals surface area contributed by atoms with Crippen LogP contribution in [0.3, 0.4) is 0 Å². The molecule has 0 aliphatic heterocycles. The highest BCUT2D eigenvalue weighted by molar-refractivity contribution is 6.74. The van der Waals surface area contributed by atoms with Crippen LogP contribution in [-0.4, -0.2) is 27.0 Å². The zero-order chi connectivity index (χ0) is 13.7. The van der Waals surface area contributed by atoms with Gasteiger partial charge in [0, 0.05) is 0 Å². The Hall–Kier alpha value is -0.613. The number of rotatable bonds is 6. The van der Waals surface area contributed by atoms with Gasteiger partial charge in [-0.05, 0) is 25.1 Å². The molecule has 0 fully saturated rings. The Bertz CT molecular complexity index is 266. The van der Waals surface area contributed by atoms with Gasteiger partial charge in [0.15, 0.2) is 8.32 Å². The molecule has 0 aliphatic carbocycles. The fraction of sp³-hybridized carbons (Fsp3) is 0.769. The summed E-state index contributed by atoms with van der Waals surface area (Å²) in [5, 5.41) is 0.128. The predicted octanol–water partition coefficient (Wildman–Crippen LogP) is 3.52. The first-order chi connectivity index (χ1) is 7.64. The summed E-state index contributed by atoms with van der Waals surface area (Å²) in [5.74, 6) is -0.226. The largest absolute Gasteiger partial charge is 0.466 e. The summed E-state index contributed by atoms with van der Waals surface area (Å²) in [5.41, 5.74) is 0. The third kappa shape index (κ3) is 5.50. The molecule has 0 spiro atoms. The van der Waals surface area contributed by atoms with Crippen LogP contribution in [0.25, 0.3) is 0 Å². The molecule has 1 unspecified atom stereocenters. The second-order valence-corrected chi connectivity index (χ2v) is 10.4. The van der Waals surface area contributed by atoms with Crippen LogP contribution in [0, 0.1) is 0 Å². The summed E-state index contributed by atoms with van der Waals surface area (Å²) in [6, 6.07) is 0. The van der Waals surface area contributed by atoms with E-state index in [1.54, 1.807) is 13.0 Å². The number of ether oxygens (including phenoxy) is 1. The Morgan fingerprint density at radius 1 is 1.41 bits per heavy atom. The summed E-state index contributed by atoms with van der Waals surface area (Å²) in [7, 11) is -1.86. The van der Waals surface area contributed by atoms with E-state index in [1.807, 2.05) is 0 Å². The Kier molecular flexibility index (Phi) is 6.13. The van der Waals surface area contributed by atoms with Crippen LogP contribution < -0.4 is 0 Å². The highest BCUT2D eigenvalue weighted by Crippen LogP contribution is 2.37. The fourth-order valence-corrected chi connectivity index (χ4v) is 2.40. The number of hydrogen-bond donors (Lipinski definition) is 0. The lowest BCUT2D eigenvalue weighted by atomic mass is 10.2. The topological polar surface area (TPSA) is 35.5 Å². The molecule has 1 atom stereocenters. The van der Waals surface area contributed by atoms with Crippen LogP contribution in [0.5, 0.6) is 0 Å². The predicted molar refractivity (Wildman–Crippen MR) is 73.5 cm³/mol. The second kappa shape index (κ2) is 6.35. The molecule has 0 radical (unpaired) electrons. The molecule has 0 amide bonds. The molecular weight excluding hydrogens is 232 g/mol. The highest BCUT2D eigenvalue weighted by atomic mass is 28.4. The SMILES string of the molecule is C=CC(CC(=O)OCC)O[Si](C)(C)C(C)(C)C. The molecule has 0 saturated carbocycles. The molecule has 4 heteroatoms. The van der Waals surface area contributed by atoms with Crippen molar-refractivity contribution < 1.29 is 14.0 Å². The van der Waals surface area contributed by atoms with Gasteiger partial charge in [-0.1, -0.05) is 26.8 Å². The minimum absolute atomic E-state index is 0.128. The molecule has 17 heavy (non-hydrogen) atoms. The van der Waals surface area contributed by atoms with Gasteiger partial charge < -0.3 is 9.16 Å². The molecule has 0 aliphatic rings. The van der Waals surface area contributed by atoms with Crippen LogP contribution in [0.1, 0.15) is 34.1 Å².